The zero-order valence-corrected chi connectivity index (χ0v) is 39.7. The van der Waals surface area contributed by atoms with Crippen molar-refractivity contribution >= 4 is 11.9 Å². The van der Waals surface area contributed by atoms with E-state index in [0.717, 1.165) is 38.5 Å². The number of rotatable bonds is 49. The minimum Gasteiger partial charge on any atom is -0.466 e. The van der Waals surface area contributed by atoms with Gasteiger partial charge in [-0.05, 0) is 51.4 Å². The molecule has 0 aromatic carbocycles. The van der Waals surface area contributed by atoms with Crippen LogP contribution in [0.25, 0.3) is 0 Å². The summed E-state index contributed by atoms with van der Waals surface area (Å²) in [5.41, 5.74) is 0. The van der Waals surface area contributed by atoms with Gasteiger partial charge in [-0.1, -0.05) is 238 Å². The Morgan fingerprint density at radius 3 is 1.20 bits per heavy atom. The van der Waals surface area contributed by atoms with Gasteiger partial charge in [0.15, 0.2) is 0 Å². The largest absolute Gasteiger partial charge is 0.466 e. The lowest BCUT2D eigenvalue weighted by Gasteiger charge is -2.22. The van der Waals surface area contributed by atoms with Crippen LogP contribution < -0.4 is 5.32 Å². The van der Waals surface area contributed by atoms with Gasteiger partial charge >= 0.3 is 5.97 Å². The summed E-state index contributed by atoms with van der Waals surface area (Å²) in [7, 11) is 0. The van der Waals surface area contributed by atoms with Gasteiger partial charge in [-0.15, -0.1) is 0 Å². The van der Waals surface area contributed by atoms with Crippen LogP contribution in [-0.2, 0) is 14.3 Å². The summed E-state index contributed by atoms with van der Waals surface area (Å²) in [6.07, 6.45) is 56.2. The zero-order valence-electron chi connectivity index (χ0n) is 39.7. The number of hydrogen-bond acceptors (Lipinski definition) is 5. The SMILES string of the molecule is CCCCCCCCCCCCCCCC(=O)OCCCCCCCCCCC/C=C\CCCCCCCCCC(=O)NC(CO)C(O)CCCCCCCCCCC. The quantitative estimate of drug-likeness (QED) is 0.0322. The van der Waals surface area contributed by atoms with Crippen LogP contribution in [-0.4, -0.2) is 47.4 Å². The Morgan fingerprint density at radius 1 is 0.458 bits per heavy atom. The second kappa shape index (κ2) is 49.3. The van der Waals surface area contributed by atoms with Crippen molar-refractivity contribution in [1.29, 1.82) is 0 Å². The first-order chi connectivity index (χ1) is 29.0. The van der Waals surface area contributed by atoms with Crippen LogP contribution in [0, 0.1) is 0 Å². The molecule has 59 heavy (non-hydrogen) atoms. The summed E-state index contributed by atoms with van der Waals surface area (Å²) in [6, 6.07) is -0.544. The van der Waals surface area contributed by atoms with Gasteiger partial charge < -0.3 is 20.3 Å². The topological polar surface area (TPSA) is 95.9 Å². The van der Waals surface area contributed by atoms with Gasteiger partial charge in [0.25, 0.3) is 0 Å². The molecule has 6 nitrogen and oxygen atoms in total. The minimum absolute atomic E-state index is 0.00765. The number of aliphatic hydroxyl groups is 2. The number of hydrogen-bond donors (Lipinski definition) is 3. The minimum atomic E-state index is -0.666. The lowest BCUT2D eigenvalue weighted by atomic mass is 10.0. The molecule has 0 bridgehead atoms. The van der Waals surface area contributed by atoms with Crippen molar-refractivity contribution in [2.45, 2.75) is 302 Å². The second-order valence-electron chi connectivity index (χ2n) is 18.2. The molecule has 3 N–H and O–H groups in total. The highest BCUT2D eigenvalue weighted by atomic mass is 16.5. The molecule has 0 fully saturated rings. The van der Waals surface area contributed by atoms with E-state index in [4.69, 9.17) is 4.74 Å². The fourth-order valence-corrected chi connectivity index (χ4v) is 8.22. The molecule has 0 aliphatic heterocycles. The Balaban J connectivity index is 3.40. The number of nitrogens with one attached hydrogen (secondary N) is 1. The number of carbonyl (C=O) groups is 2. The van der Waals surface area contributed by atoms with E-state index < -0.39 is 12.1 Å². The fraction of sp³-hybridized carbons (Fsp3) is 0.925. The molecule has 0 saturated carbocycles. The molecule has 0 heterocycles. The van der Waals surface area contributed by atoms with E-state index in [9.17, 15) is 19.8 Å². The average molecular weight is 834 g/mol. The van der Waals surface area contributed by atoms with Crippen molar-refractivity contribution in [3.63, 3.8) is 0 Å². The maximum Gasteiger partial charge on any atom is 0.305 e. The Hall–Kier alpha value is -1.40. The molecule has 0 aliphatic rings. The smallest absolute Gasteiger partial charge is 0.305 e. The number of unbranched alkanes of at least 4 members (excludes halogenated alkanes) is 36. The van der Waals surface area contributed by atoms with Crippen molar-refractivity contribution < 1.29 is 24.5 Å². The van der Waals surface area contributed by atoms with Gasteiger partial charge in [-0.25, -0.2) is 0 Å². The number of amides is 1. The molecule has 0 saturated heterocycles. The number of ether oxygens (including phenoxy) is 1. The van der Waals surface area contributed by atoms with Crippen LogP contribution in [0.15, 0.2) is 12.2 Å². The average Bonchev–Trinajstić information content (AvgIpc) is 3.24. The van der Waals surface area contributed by atoms with E-state index >= 15 is 0 Å². The van der Waals surface area contributed by atoms with E-state index in [0.29, 0.717) is 25.9 Å². The Labute approximate surface area is 368 Å². The third kappa shape index (κ3) is 45.9. The highest BCUT2D eigenvalue weighted by molar-refractivity contribution is 5.76. The Bertz CT molecular complexity index is 878. The van der Waals surface area contributed by atoms with Gasteiger partial charge in [-0.2, -0.15) is 0 Å². The highest BCUT2D eigenvalue weighted by Gasteiger charge is 2.20. The van der Waals surface area contributed by atoms with Gasteiger partial charge in [0.2, 0.25) is 5.91 Å². The third-order valence-electron chi connectivity index (χ3n) is 12.3. The molecule has 0 aliphatic carbocycles. The van der Waals surface area contributed by atoms with Gasteiger partial charge in [-0.3, -0.25) is 9.59 Å². The van der Waals surface area contributed by atoms with Crippen molar-refractivity contribution in [1.82, 2.24) is 5.32 Å². The van der Waals surface area contributed by atoms with Crippen molar-refractivity contribution in [3.8, 4) is 0 Å². The molecular formula is C53H103NO5. The van der Waals surface area contributed by atoms with Gasteiger partial charge in [0.1, 0.15) is 0 Å². The lowest BCUT2D eigenvalue weighted by Crippen LogP contribution is -2.45. The molecular weight excluding hydrogens is 731 g/mol. The van der Waals surface area contributed by atoms with E-state index in [1.807, 2.05) is 0 Å². The Kier molecular flexibility index (Phi) is 48.1. The molecule has 6 heteroatoms. The number of carbonyl (C=O) groups excluding carboxylic acids is 2. The number of aliphatic hydroxyl groups excluding tert-OH is 2. The molecule has 1 amide bonds. The first-order valence-corrected chi connectivity index (χ1v) is 26.4. The Morgan fingerprint density at radius 2 is 0.797 bits per heavy atom. The monoisotopic (exact) mass is 834 g/mol. The first-order valence-electron chi connectivity index (χ1n) is 26.4. The van der Waals surface area contributed by atoms with Gasteiger partial charge in [0, 0.05) is 12.8 Å². The summed E-state index contributed by atoms with van der Waals surface area (Å²) in [6.45, 7) is 4.93. The van der Waals surface area contributed by atoms with E-state index in [2.05, 4.69) is 31.3 Å². The molecule has 350 valence electrons. The predicted octanol–water partition coefficient (Wildman–Crippen LogP) is 15.7. The van der Waals surface area contributed by atoms with Crippen LogP contribution in [0.5, 0.6) is 0 Å². The predicted molar refractivity (Wildman–Crippen MR) is 255 cm³/mol. The summed E-state index contributed by atoms with van der Waals surface area (Å²) in [5.74, 6) is -0.0380. The second-order valence-corrected chi connectivity index (χ2v) is 18.2. The summed E-state index contributed by atoms with van der Waals surface area (Å²) >= 11 is 0. The summed E-state index contributed by atoms with van der Waals surface area (Å²) in [5, 5.41) is 23.1. The number of esters is 1. The fourth-order valence-electron chi connectivity index (χ4n) is 8.22. The lowest BCUT2D eigenvalue weighted by molar-refractivity contribution is -0.143. The molecule has 0 rings (SSSR count). The van der Waals surface area contributed by atoms with Crippen molar-refractivity contribution in [2.24, 2.45) is 0 Å². The van der Waals surface area contributed by atoms with Crippen LogP contribution in [0.2, 0.25) is 0 Å². The number of allylic oxidation sites excluding steroid dienone is 2. The van der Waals surface area contributed by atoms with E-state index in [-0.39, 0.29) is 18.5 Å². The summed E-state index contributed by atoms with van der Waals surface area (Å²) in [4.78, 5) is 24.4. The van der Waals surface area contributed by atoms with Crippen molar-refractivity contribution in [3.05, 3.63) is 12.2 Å². The maximum absolute atomic E-state index is 12.4. The van der Waals surface area contributed by atoms with Crippen LogP contribution >= 0.6 is 0 Å². The van der Waals surface area contributed by atoms with Crippen molar-refractivity contribution in [2.75, 3.05) is 13.2 Å². The summed E-state index contributed by atoms with van der Waals surface area (Å²) < 4.78 is 5.46. The normalized spacial score (nSPS) is 12.7. The van der Waals surface area contributed by atoms with Crippen LogP contribution in [0.1, 0.15) is 290 Å². The van der Waals surface area contributed by atoms with E-state index in [1.54, 1.807) is 0 Å². The first kappa shape index (κ1) is 57.6. The highest BCUT2D eigenvalue weighted by Crippen LogP contribution is 2.16. The maximum atomic E-state index is 12.4. The molecule has 0 spiro atoms. The molecule has 2 unspecified atom stereocenters. The molecule has 0 aromatic rings. The van der Waals surface area contributed by atoms with Crippen LogP contribution in [0.3, 0.4) is 0 Å². The van der Waals surface area contributed by atoms with E-state index in [1.165, 1.54) is 218 Å². The molecule has 0 aromatic heterocycles. The van der Waals surface area contributed by atoms with Crippen LogP contribution in [0.4, 0.5) is 0 Å². The molecule has 2 atom stereocenters. The third-order valence-corrected chi connectivity index (χ3v) is 12.3. The van der Waals surface area contributed by atoms with Gasteiger partial charge in [0.05, 0.1) is 25.4 Å². The standard InChI is InChI=1S/C53H103NO5/c1-3-5-7-9-11-13-14-23-27-31-35-39-43-47-53(58)59-48-44-40-36-32-28-25-22-20-18-16-15-17-19-21-24-26-30-34-38-42-46-52(57)54-50(49-55)51(56)45-41-37-33-29-12-10-8-6-4-2/h15,17,50-51,55-56H,3-14,16,18-49H2,1-2H3,(H,54,57)/b17-15-. The zero-order chi connectivity index (χ0) is 43.0. The molecule has 0 radical (unpaired) electrons.